The molecule has 4 heteroatoms. The summed E-state index contributed by atoms with van der Waals surface area (Å²) in [5.74, 6) is 0.586. The average molecular weight is 300 g/mol. The Morgan fingerprint density at radius 3 is 2.36 bits per heavy atom. The lowest BCUT2D eigenvalue weighted by molar-refractivity contribution is 0.0818. The van der Waals surface area contributed by atoms with Crippen LogP contribution >= 0.6 is 0 Å². The van der Waals surface area contributed by atoms with Gasteiger partial charge >= 0.3 is 0 Å². The molecule has 118 valence electrons. The van der Waals surface area contributed by atoms with Crippen molar-refractivity contribution in [2.45, 2.75) is 47.5 Å². The highest BCUT2D eigenvalue weighted by Gasteiger charge is 2.16. The Labute approximate surface area is 132 Å². The zero-order valence-corrected chi connectivity index (χ0v) is 14.1. The molecule has 0 radical (unpaired) electrons. The lowest BCUT2D eigenvalue weighted by Crippen LogP contribution is -2.21. The molecular weight excluding hydrogens is 276 g/mol. The van der Waals surface area contributed by atoms with Gasteiger partial charge in [0.25, 0.3) is 5.91 Å². The Kier molecular flexibility index (Phi) is 5.01. The maximum absolute atomic E-state index is 12.4. The van der Waals surface area contributed by atoms with E-state index in [1.165, 1.54) is 10.2 Å². The zero-order valence-electron chi connectivity index (χ0n) is 14.1. The van der Waals surface area contributed by atoms with Gasteiger partial charge in [-0.3, -0.25) is 4.79 Å². The van der Waals surface area contributed by atoms with Gasteiger partial charge in [-0.05, 0) is 62.9 Å². The van der Waals surface area contributed by atoms with Crippen LogP contribution in [0, 0.1) is 27.7 Å². The smallest absolute Gasteiger partial charge is 0.284 e. The molecule has 0 atom stereocenters. The molecule has 22 heavy (non-hydrogen) atoms. The first-order valence-electron chi connectivity index (χ1n) is 7.71. The van der Waals surface area contributed by atoms with E-state index in [4.69, 9.17) is 4.74 Å². The van der Waals surface area contributed by atoms with Crippen LogP contribution in [-0.4, -0.2) is 22.3 Å². The minimum Gasteiger partial charge on any atom is -0.484 e. The lowest BCUT2D eigenvalue weighted by atomic mass is 10.1. The summed E-state index contributed by atoms with van der Waals surface area (Å²) in [7, 11) is 0. The number of ether oxygens (including phenoxy) is 1. The number of aryl methyl sites for hydroxylation is 3. The first-order chi connectivity index (χ1) is 10.4. The van der Waals surface area contributed by atoms with Gasteiger partial charge in [-0.15, -0.1) is 0 Å². The molecule has 0 aliphatic heterocycles. The number of rotatable bonds is 5. The van der Waals surface area contributed by atoms with Crippen molar-refractivity contribution < 1.29 is 9.53 Å². The number of carbonyl (C=O) groups is 1. The fraction of sp³-hybridized carbons (Fsp3) is 0.444. The van der Waals surface area contributed by atoms with Crippen molar-refractivity contribution in [3.63, 3.8) is 0 Å². The van der Waals surface area contributed by atoms with E-state index in [2.05, 4.69) is 18.1 Å². The molecule has 0 bridgehead atoms. The van der Waals surface area contributed by atoms with Crippen LogP contribution in [0.25, 0.3) is 0 Å². The number of hydrogen-bond acceptors (Lipinski definition) is 3. The molecule has 1 aromatic carbocycles. The standard InChI is InChI=1S/C18H24N2O2/c1-6-7-17-14(4)19-20(15(17)5)18(21)11-22-16-9-12(2)8-13(3)10-16/h8-10H,6-7,11H2,1-5H3. The number of carbonyl (C=O) groups excluding carboxylic acids is 1. The topological polar surface area (TPSA) is 44.1 Å². The molecule has 0 amide bonds. The van der Waals surface area contributed by atoms with Crippen molar-refractivity contribution in [3.05, 3.63) is 46.3 Å². The summed E-state index contributed by atoms with van der Waals surface area (Å²) in [6.07, 6.45) is 1.99. The molecule has 2 rings (SSSR count). The first-order valence-corrected chi connectivity index (χ1v) is 7.71. The fourth-order valence-electron chi connectivity index (χ4n) is 2.75. The molecular formula is C18H24N2O2. The van der Waals surface area contributed by atoms with Gasteiger partial charge in [0.2, 0.25) is 0 Å². The summed E-state index contributed by atoms with van der Waals surface area (Å²) in [6, 6.07) is 5.95. The summed E-state index contributed by atoms with van der Waals surface area (Å²) >= 11 is 0. The van der Waals surface area contributed by atoms with Crippen molar-refractivity contribution in [2.24, 2.45) is 0 Å². The highest BCUT2D eigenvalue weighted by molar-refractivity contribution is 5.80. The minimum absolute atomic E-state index is 0.00355. The Hall–Kier alpha value is -2.10. The predicted octanol–water partition coefficient (Wildman–Crippen LogP) is 3.79. The van der Waals surface area contributed by atoms with Crippen molar-refractivity contribution >= 4 is 5.91 Å². The highest BCUT2D eigenvalue weighted by atomic mass is 16.5. The Bertz CT molecular complexity index is 666. The SMILES string of the molecule is CCCc1c(C)nn(C(=O)COc2cc(C)cc(C)c2)c1C. The second-order valence-corrected chi connectivity index (χ2v) is 5.82. The van der Waals surface area contributed by atoms with Gasteiger partial charge in [0.1, 0.15) is 5.75 Å². The summed E-state index contributed by atoms with van der Waals surface area (Å²) in [4.78, 5) is 12.4. The summed E-state index contributed by atoms with van der Waals surface area (Å²) in [5, 5.41) is 4.36. The molecule has 0 aliphatic carbocycles. The summed E-state index contributed by atoms with van der Waals surface area (Å²) in [5.41, 5.74) is 5.27. The van der Waals surface area contributed by atoms with E-state index < -0.39 is 0 Å². The predicted molar refractivity (Wildman–Crippen MR) is 87.7 cm³/mol. The first kappa shape index (κ1) is 16.3. The molecule has 2 aromatic rings. The number of nitrogens with zero attached hydrogens (tertiary/aromatic N) is 2. The lowest BCUT2D eigenvalue weighted by Gasteiger charge is -2.08. The maximum atomic E-state index is 12.4. The second kappa shape index (κ2) is 6.77. The minimum atomic E-state index is -0.137. The molecule has 1 aromatic heterocycles. The molecule has 0 saturated carbocycles. The quantitative estimate of drug-likeness (QED) is 0.844. The van der Waals surface area contributed by atoms with Crippen molar-refractivity contribution in [2.75, 3.05) is 6.61 Å². The van der Waals surface area contributed by atoms with Gasteiger partial charge in [-0.2, -0.15) is 5.10 Å². The van der Waals surface area contributed by atoms with Crippen LogP contribution in [0.4, 0.5) is 0 Å². The maximum Gasteiger partial charge on any atom is 0.284 e. The largest absolute Gasteiger partial charge is 0.484 e. The van der Waals surface area contributed by atoms with E-state index in [1.807, 2.05) is 39.8 Å². The van der Waals surface area contributed by atoms with E-state index in [-0.39, 0.29) is 12.5 Å². The van der Waals surface area contributed by atoms with Crippen molar-refractivity contribution in [3.8, 4) is 5.75 Å². The monoisotopic (exact) mass is 300 g/mol. The van der Waals surface area contributed by atoms with E-state index >= 15 is 0 Å². The van der Waals surface area contributed by atoms with Gasteiger partial charge in [0.05, 0.1) is 5.69 Å². The van der Waals surface area contributed by atoms with Crippen molar-refractivity contribution in [1.29, 1.82) is 0 Å². The number of aromatic nitrogens is 2. The van der Waals surface area contributed by atoms with Crippen LogP contribution in [0.3, 0.4) is 0 Å². The highest BCUT2D eigenvalue weighted by Crippen LogP contribution is 2.17. The van der Waals surface area contributed by atoms with Gasteiger partial charge < -0.3 is 4.74 Å². The van der Waals surface area contributed by atoms with Gasteiger partial charge in [-0.25, -0.2) is 4.68 Å². The molecule has 0 saturated heterocycles. The van der Waals surface area contributed by atoms with Gasteiger partial charge in [0, 0.05) is 5.69 Å². The molecule has 1 heterocycles. The van der Waals surface area contributed by atoms with Gasteiger partial charge in [-0.1, -0.05) is 19.4 Å². The van der Waals surface area contributed by atoms with Crippen LogP contribution in [0.15, 0.2) is 18.2 Å². The number of hydrogen-bond donors (Lipinski definition) is 0. The third kappa shape index (κ3) is 3.56. The second-order valence-electron chi connectivity index (χ2n) is 5.82. The molecule has 0 N–H and O–H groups in total. The Morgan fingerprint density at radius 1 is 1.14 bits per heavy atom. The van der Waals surface area contributed by atoms with Crippen LogP contribution in [0.1, 0.15) is 46.2 Å². The summed E-state index contributed by atoms with van der Waals surface area (Å²) in [6.45, 7) is 10.0. The van der Waals surface area contributed by atoms with E-state index in [0.29, 0.717) is 0 Å². The molecule has 0 unspecified atom stereocenters. The van der Waals surface area contributed by atoms with Crippen molar-refractivity contribution in [1.82, 2.24) is 9.78 Å². The van der Waals surface area contributed by atoms with Crippen LogP contribution < -0.4 is 4.74 Å². The van der Waals surface area contributed by atoms with Gasteiger partial charge in [0.15, 0.2) is 6.61 Å². The third-order valence-electron chi connectivity index (χ3n) is 3.73. The van der Waals surface area contributed by atoms with E-state index in [1.54, 1.807) is 0 Å². The molecule has 0 fully saturated rings. The normalized spacial score (nSPS) is 10.8. The third-order valence-corrected chi connectivity index (χ3v) is 3.73. The zero-order chi connectivity index (χ0) is 16.3. The Morgan fingerprint density at radius 2 is 1.77 bits per heavy atom. The van der Waals surface area contributed by atoms with E-state index in [9.17, 15) is 4.79 Å². The molecule has 0 aliphatic rings. The summed E-state index contributed by atoms with van der Waals surface area (Å²) < 4.78 is 7.11. The van der Waals surface area contributed by atoms with E-state index in [0.717, 1.165) is 41.1 Å². The number of benzene rings is 1. The average Bonchev–Trinajstić information content (AvgIpc) is 2.72. The van der Waals surface area contributed by atoms with Crippen LogP contribution in [0.2, 0.25) is 0 Å². The Balaban J connectivity index is 2.11. The molecule has 4 nitrogen and oxygen atoms in total. The van der Waals surface area contributed by atoms with Crippen LogP contribution in [0.5, 0.6) is 5.75 Å². The fourth-order valence-corrected chi connectivity index (χ4v) is 2.75. The van der Waals surface area contributed by atoms with Crippen LogP contribution in [-0.2, 0) is 6.42 Å². The molecule has 0 spiro atoms.